The van der Waals surface area contributed by atoms with Crippen molar-refractivity contribution in [2.24, 2.45) is 0 Å². The average molecular weight is 823 g/mol. The second-order valence-electron chi connectivity index (χ2n) is 16.6. The Labute approximate surface area is 371 Å². The van der Waals surface area contributed by atoms with E-state index in [-0.39, 0.29) is 6.71 Å². The highest BCUT2D eigenvalue weighted by molar-refractivity contribution is 8.00. The quantitative estimate of drug-likeness (QED) is 0.149. The largest absolute Gasteiger partial charge is 0.310 e. The number of aryl methyl sites for hydroxylation is 1. The first-order chi connectivity index (χ1) is 31.2. The van der Waals surface area contributed by atoms with Gasteiger partial charge in [-0.1, -0.05) is 132 Å². The van der Waals surface area contributed by atoms with Gasteiger partial charge >= 0.3 is 0 Å². The molecule has 0 saturated heterocycles. The van der Waals surface area contributed by atoms with Crippen LogP contribution < -0.4 is 26.2 Å². The van der Waals surface area contributed by atoms with Crippen molar-refractivity contribution < 1.29 is 0 Å². The zero-order chi connectivity index (χ0) is 41.6. The molecule has 4 nitrogen and oxygen atoms in total. The molecule has 0 atom stereocenters. The Balaban J connectivity index is 1.23. The number of aromatic nitrogens is 2. The molecule has 0 fully saturated rings. The molecule has 9 aromatic carbocycles. The topological polar surface area (TPSA) is 16.3 Å². The van der Waals surface area contributed by atoms with Crippen LogP contribution in [-0.2, 0) is 0 Å². The van der Waals surface area contributed by atoms with Gasteiger partial charge in [-0.2, -0.15) is 0 Å². The molecule has 0 amide bonds. The molecule has 0 saturated carbocycles. The summed E-state index contributed by atoms with van der Waals surface area (Å²) in [5.74, 6) is 0. The number of benzene rings is 9. The van der Waals surface area contributed by atoms with Gasteiger partial charge in [-0.3, -0.25) is 0 Å². The molecule has 4 heterocycles. The third-order valence-corrected chi connectivity index (χ3v) is 14.1. The highest BCUT2D eigenvalue weighted by atomic mass is 32.2. The van der Waals surface area contributed by atoms with Crippen LogP contribution in [0.2, 0.25) is 0 Å². The lowest BCUT2D eigenvalue weighted by atomic mass is 9.35. The van der Waals surface area contributed by atoms with E-state index >= 15 is 0 Å². The number of para-hydroxylation sites is 5. The number of rotatable bonds is 7. The van der Waals surface area contributed by atoms with Gasteiger partial charge in [0.1, 0.15) is 0 Å². The molecule has 0 aliphatic carbocycles. The third-order valence-electron chi connectivity index (χ3n) is 12.9. The van der Waals surface area contributed by atoms with Gasteiger partial charge in [-0.25, -0.2) is 0 Å². The molecule has 2 aromatic heterocycles. The fourth-order valence-electron chi connectivity index (χ4n) is 10.4. The predicted molar refractivity (Wildman–Crippen MR) is 267 cm³/mol. The Bertz CT molecular complexity index is 3470. The summed E-state index contributed by atoms with van der Waals surface area (Å²) in [6.07, 6.45) is 0. The minimum Gasteiger partial charge on any atom is -0.310 e. The van der Waals surface area contributed by atoms with Gasteiger partial charge < -0.3 is 18.9 Å². The van der Waals surface area contributed by atoms with E-state index in [0.29, 0.717) is 0 Å². The van der Waals surface area contributed by atoms with Crippen LogP contribution in [-0.4, -0.2) is 15.8 Å². The summed E-state index contributed by atoms with van der Waals surface area (Å²) in [5, 5.41) is 2.43. The van der Waals surface area contributed by atoms with E-state index in [1.807, 2.05) is 11.8 Å². The summed E-state index contributed by atoms with van der Waals surface area (Å²) in [5.41, 5.74) is 19.2. The minimum absolute atomic E-state index is 0.0892. The molecule has 0 spiro atoms. The second kappa shape index (κ2) is 14.2. The Morgan fingerprint density at radius 3 is 1.63 bits per heavy atom. The van der Waals surface area contributed by atoms with Crippen LogP contribution in [0.1, 0.15) is 5.56 Å². The highest BCUT2D eigenvalue weighted by Crippen LogP contribution is 2.49. The lowest BCUT2D eigenvalue weighted by Crippen LogP contribution is -2.58. The van der Waals surface area contributed by atoms with Crippen molar-refractivity contribution in [2.45, 2.75) is 16.7 Å². The maximum Gasteiger partial charge on any atom is 0.249 e. The SMILES string of the molecule is Cc1cc2c3c(c1)-n1c4c(ccc(N(c5ccccc5)c5ccccc5)c4c4c1c1ccc(N(c5ccccc5)c5ccccc5)cc1n4-c1ccccc1)B3c1ccccc1S2. The first kappa shape index (κ1) is 36.0. The van der Waals surface area contributed by atoms with Gasteiger partial charge in [-0.15, -0.1) is 0 Å². The molecule has 63 heavy (non-hydrogen) atoms. The maximum atomic E-state index is 2.64. The zero-order valence-electron chi connectivity index (χ0n) is 34.6. The van der Waals surface area contributed by atoms with Crippen molar-refractivity contribution >= 4 is 102 Å². The smallest absolute Gasteiger partial charge is 0.249 e. The van der Waals surface area contributed by atoms with Crippen molar-refractivity contribution in [3.8, 4) is 11.4 Å². The van der Waals surface area contributed by atoms with Crippen LogP contribution in [0.25, 0.3) is 44.2 Å². The van der Waals surface area contributed by atoms with Crippen molar-refractivity contribution in [1.82, 2.24) is 9.13 Å². The van der Waals surface area contributed by atoms with Crippen LogP contribution in [0.3, 0.4) is 0 Å². The standard InChI is InChI=1S/C57H39BN4S/c1-38-35-50-54-52(36-38)63-51-30-18-17-29-46(51)58(54)47-33-34-48(60(41-23-11-4-12-24-41)42-25-13-5-14-26-42)53-56(47)62(50)55-45-32-31-44(37-49(45)61(57(53)55)43-27-15-6-16-28-43)59(39-19-7-2-8-20-39)40-21-9-3-10-22-40/h2-37H,1H3. The molecule has 11 aromatic rings. The Kier molecular flexibility index (Phi) is 8.12. The summed E-state index contributed by atoms with van der Waals surface area (Å²) < 4.78 is 5.18. The predicted octanol–water partition coefficient (Wildman–Crippen LogP) is 13.3. The van der Waals surface area contributed by atoms with E-state index in [0.717, 1.165) is 45.3 Å². The molecule has 2 aliphatic rings. The van der Waals surface area contributed by atoms with Crippen molar-refractivity contribution in [1.29, 1.82) is 0 Å². The minimum atomic E-state index is 0.0892. The first-order valence-electron chi connectivity index (χ1n) is 21.6. The molecule has 6 heteroatoms. The fourth-order valence-corrected chi connectivity index (χ4v) is 11.7. The molecular formula is C57H39BN4S. The highest BCUT2D eigenvalue weighted by Gasteiger charge is 2.41. The molecule has 2 aliphatic heterocycles. The van der Waals surface area contributed by atoms with Gasteiger partial charge in [0.05, 0.1) is 27.8 Å². The Morgan fingerprint density at radius 1 is 0.429 bits per heavy atom. The number of fused-ring (bicyclic) bond motifs is 9. The van der Waals surface area contributed by atoms with Gasteiger partial charge in [0.2, 0.25) is 6.71 Å². The number of hydrogen-bond donors (Lipinski definition) is 0. The van der Waals surface area contributed by atoms with Crippen LogP contribution in [0.5, 0.6) is 0 Å². The summed E-state index contributed by atoms with van der Waals surface area (Å²) in [6.45, 7) is 2.34. The monoisotopic (exact) mass is 822 g/mol. The zero-order valence-corrected chi connectivity index (χ0v) is 35.4. The van der Waals surface area contributed by atoms with Gasteiger partial charge in [0.15, 0.2) is 0 Å². The van der Waals surface area contributed by atoms with E-state index < -0.39 is 0 Å². The molecular weight excluding hydrogens is 784 g/mol. The van der Waals surface area contributed by atoms with E-state index in [1.54, 1.807) is 0 Å². The van der Waals surface area contributed by atoms with Crippen LogP contribution in [0.15, 0.2) is 228 Å². The molecule has 296 valence electrons. The Morgan fingerprint density at radius 2 is 1.00 bits per heavy atom. The number of nitrogens with zero attached hydrogens (tertiary/aromatic N) is 4. The van der Waals surface area contributed by atoms with E-state index in [1.165, 1.54) is 64.8 Å². The summed E-state index contributed by atoms with van der Waals surface area (Å²) in [4.78, 5) is 7.49. The maximum absolute atomic E-state index is 2.64. The number of anilines is 6. The van der Waals surface area contributed by atoms with E-state index in [2.05, 4.69) is 244 Å². The summed E-state index contributed by atoms with van der Waals surface area (Å²) >= 11 is 1.91. The molecule has 0 bridgehead atoms. The second-order valence-corrected chi connectivity index (χ2v) is 17.7. The third kappa shape index (κ3) is 5.44. The van der Waals surface area contributed by atoms with Crippen LogP contribution in [0.4, 0.5) is 34.1 Å². The fraction of sp³-hybridized carbons (Fsp3) is 0.0175. The molecule has 0 N–H and O–H groups in total. The van der Waals surface area contributed by atoms with Gasteiger partial charge in [0.25, 0.3) is 0 Å². The normalized spacial score (nSPS) is 12.4. The summed E-state index contributed by atoms with van der Waals surface area (Å²) in [6, 6.07) is 79.9. The van der Waals surface area contributed by atoms with Crippen molar-refractivity contribution in [3.63, 3.8) is 0 Å². The van der Waals surface area contributed by atoms with Crippen molar-refractivity contribution in [3.05, 3.63) is 224 Å². The van der Waals surface area contributed by atoms with Crippen LogP contribution >= 0.6 is 11.8 Å². The molecule has 13 rings (SSSR count). The Hall–Kier alpha value is -7.67. The first-order valence-corrected chi connectivity index (χ1v) is 22.5. The summed E-state index contributed by atoms with van der Waals surface area (Å²) in [7, 11) is 0. The van der Waals surface area contributed by atoms with Gasteiger partial charge in [-0.05, 0) is 127 Å². The lowest BCUT2D eigenvalue weighted by Gasteiger charge is -2.34. The average Bonchev–Trinajstić information content (AvgIpc) is 3.86. The van der Waals surface area contributed by atoms with Crippen molar-refractivity contribution in [2.75, 3.05) is 9.80 Å². The molecule has 0 radical (unpaired) electrons. The van der Waals surface area contributed by atoms with Crippen LogP contribution in [0, 0.1) is 6.92 Å². The molecule has 0 unspecified atom stereocenters. The lowest BCUT2D eigenvalue weighted by molar-refractivity contribution is 1.16. The van der Waals surface area contributed by atoms with Gasteiger partial charge in [0, 0.05) is 60.4 Å². The van der Waals surface area contributed by atoms with E-state index in [4.69, 9.17) is 0 Å². The number of hydrogen-bond acceptors (Lipinski definition) is 3. The van der Waals surface area contributed by atoms with E-state index in [9.17, 15) is 0 Å².